The van der Waals surface area contributed by atoms with Crippen molar-refractivity contribution < 1.29 is 24.1 Å². The summed E-state index contributed by atoms with van der Waals surface area (Å²) < 4.78 is 16.7. The number of hydrogen-bond donors (Lipinski definition) is 1. The lowest BCUT2D eigenvalue weighted by atomic mass is 9.99. The zero-order chi connectivity index (χ0) is 51.7. The van der Waals surface area contributed by atoms with Crippen LogP contribution in [0.2, 0.25) is 0 Å². The number of likely N-dealkylation sites (N-methyl/N-ethyl adjacent to an activating group) is 1. The van der Waals surface area contributed by atoms with Crippen LogP contribution in [0.5, 0.6) is 23.0 Å². The first-order valence-corrected chi connectivity index (χ1v) is 26.1. The molecule has 0 radical (unpaired) electrons. The summed E-state index contributed by atoms with van der Waals surface area (Å²) in [7, 11) is 6.54. The molecule has 0 atom stereocenters. The van der Waals surface area contributed by atoms with Crippen molar-refractivity contribution in [1.82, 2.24) is 4.90 Å². The average Bonchev–Trinajstić information content (AvgIpc) is 3.26. The molecule has 1 N–H and O–H groups in total. The van der Waals surface area contributed by atoms with Crippen LogP contribution in [0.4, 0.5) is 0 Å². The van der Waals surface area contributed by atoms with Gasteiger partial charge in [-0.05, 0) is 219 Å². The third-order valence-corrected chi connectivity index (χ3v) is 12.8. The van der Waals surface area contributed by atoms with E-state index in [0.29, 0.717) is 17.5 Å². The maximum atomic E-state index is 12.5. The Labute approximate surface area is 423 Å². The van der Waals surface area contributed by atoms with Crippen molar-refractivity contribution in [3.63, 3.8) is 0 Å². The van der Waals surface area contributed by atoms with Gasteiger partial charge in [0.1, 0.15) is 0 Å². The van der Waals surface area contributed by atoms with Crippen LogP contribution < -0.4 is 14.2 Å². The lowest BCUT2D eigenvalue weighted by Gasteiger charge is -2.20. The fraction of sp³-hybridized carbons (Fsp3) is 0.571. The Morgan fingerprint density at radius 1 is 0.435 bits per heavy atom. The van der Waals surface area contributed by atoms with Crippen LogP contribution in [0.1, 0.15) is 203 Å². The van der Waals surface area contributed by atoms with Gasteiger partial charge >= 0.3 is 5.97 Å². The first-order valence-electron chi connectivity index (χ1n) is 26.1. The molecule has 1 aromatic carbocycles. The molecule has 6 heteroatoms. The number of ether oxygens (including phenoxy) is 3. The zero-order valence-corrected chi connectivity index (χ0v) is 46.9. The Balaban J connectivity index is 2.42. The standard InChI is InChI=1S/C63H99NO5/c1-47(2)26-17-27-48(3)28-18-29-49(4)30-19-31-50(5)32-20-33-51(6)34-21-35-52(7)36-22-37-53(8)38-23-39-54(9)40-24-41-55(10)42-25-43-56(11)44-45-58-57(12)61(69-59(65)46-64(13)14)63(68-16)62(67-15)60(58)66/h26,28,30,32,34,36,38,40,42,44,66H,17-25,27,29,31,33,35,37,39,41,43,45-46H2,1-16H3/b48-28+,49-30+,50-32+,51-34+,52-36+,53-38+,54-40+,55-42+,56-44+. The minimum Gasteiger partial charge on any atom is -0.504 e. The Hall–Kier alpha value is -4.55. The lowest BCUT2D eigenvalue weighted by molar-refractivity contribution is -0.135. The molecule has 0 unspecified atom stereocenters. The van der Waals surface area contributed by atoms with Crippen LogP contribution in [0, 0.1) is 6.92 Å². The number of hydrogen-bond acceptors (Lipinski definition) is 6. The van der Waals surface area contributed by atoms with Crippen LogP contribution in [-0.2, 0) is 11.2 Å². The SMILES string of the molecule is COc1c(O)c(C/C=C(\C)CC/C=C(\C)CC/C=C(\C)CC/C=C(\C)CC/C=C(\C)CC/C=C(\C)CC/C=C(\C)CC/C=C(\C)CC/C=C(\C)CCC=C(C)C)c(C)c(OC(=O)CN(C)C)c1OC. The number of nitrogens with zero attached hydrogens (tertiary/aromatic N) is 1. The van der Waals surface area contributed by atoms with Gasteiger partial charge in [-0.25, -0.2) is 0 Å². The molecule has 0 saturated carbocycles. The minimum absolute atomic E-state index is 0.00193. The number of benzene rings is 1. The molecule has 69 heavy (non-hydrogen) atoms. The van der Waals surface area contributed by atoms with Gasteiger partial charge in [-0.15, -0.1) is 0 Å². The van der Waals surface area contributed by atoms with Gasteiger partial charge in [0.25, 0.3) is 0 Å². The van der Waals surface area contributed by atoms with E-state index in [0.717, 1.165) is 103 Å². The Morgan fingerprint density at radius 3 is 0.971 bits per heavy atom. The Kier molecular flexibility index (Phi) is 33.0. The average molecular weight is 950 g/mol. The fourth-order valence-electron chi connectivity index (χ4n) is 8.14. The molecule has 6 nitrogen and oxygen atoms in total. The van der Waals surface area contributed by atoms with E-state index in [4.69, 9.17) is 14.2 Å². The number of allylic oxidation sites excluding steroid dienone is 20. The molecular weight excluding hydrogens is 851 g/mol. The van der Waals surface area contributed by atoms with Gasteiger partial charge in [-0.2, -0.15) is 0 Å². The number of methoxy groups -OCH3 is 2. The fourth-order valence-corrected chi connectivity index (χ4v) is 8.14. The molecule has 1 rings (SSSR count). The molecule has 0 aliphatic heterocycles. The topological polar surface area (TPSA) is 68.2 Å². The van der Waals surface area contributed by atoms with Crippen molar-refractivity contribution in [3.05, 3.63) is 128 Å². The Bertz CT molecular complexity index is 2040. The molecule has 1 aromatic rings. The van der Waals surface area contributed by atoms with Crippen molar-refractivity contribution in [1.29, 1.82) is 0 Å². The summed E-state index contributed by atoms with van der Waals surface area (Å²) >= 11 is 0. The Morgan fingerprint density at radius 2 is 0.710 bits per heavy atom. The molecule has 0 aliphatic carbocycles. The number of carbonyl (C=O) groups excluding carboxylic acids is 1. The third kappa shape index (κ3) is 29.3. The molecule has 386 valence electrons. The maximum absolute atomic E-state index is 12.5. The van der Waals surface area contributed by atoms with E-state index in [-0.39, 0.29) is 29.5 Å². The van der Waals surface area contributed by atoms with Crippen LogP contribution >= 0.6 is 0 Å². The highest BCUT2D eigenvalue weighted by molar-refractivity contribution is 5.78. The monoisotopic (exact) mass is 950 g/mol. The van der Waals surface area contributed by atoms with Crippen molar-refractivity contribution in [3.8, 4) is 23.0 Å². The number of esters is 1. The highest BCUT2D eigenvalue weighted by atomic mass is 16.6. The van der Waals surface area contributed by atoms with E-state index < -0.39 is 5.97 Å². The number of phenolic OH excluding ortho intramolecular Hbond substituents is 1. The third-order valence-electron chi connectivity index (χ3n) is 12.8. The van der Waals surface area contributed by atoms with Crippen LogP contribution in [0.15, 0.2) is 116 Å². The molecule has 0 saturated heterocycles. The van der Waals surface area contributed by atoms with Gasteiger partial charge in [-0.1, -0.05) is 116 Å². The number of rotatable bonds is 34. The summed E-state index contributed by atoms with van der Waals surface area (Å²) in [5.74, 6) is 0.236. The minimum atomic E-state index is -0.415. The summed E-state index contributed by atoms with van der Waals surface area (Å²) in [5.41, 5.74) is 15.9. The van der Waals surface area contributed by atoms with Crippen molar-refractivity contribution in [2.24, 2.45) is 0 Å². The molecule has 0 bridgehead atoms. The number of aromatic hydroxyl groups is 1. The van der Waals surface area contributed by atoms with E-state index >= 15 is 0 Å². The number of phenols is 1. The molecule has 0 aromatic heterocycles. The van der Waals surface area contributed by atoms with Gasteiger partial charge in [0.2, 0.25) is 11.5 Å². The van der Waals surface area contributed by atoms with Crippen LogP contribution in [0.25, 0.3) is 0 Å². The summed E-state index contributed by atoms with van der Waals surface area (Å²) in [6.07, 6.45) is 44.4. The first kappa shape index (κ1) is 62.5. The smallest absolute Gasteiger partial charge is 0.325 e. The molecule has 0 heterocycles. The van der Waals surface area contributed by atoms with E-state index in [1.165, 1.54) is 82.8 Å². The molecule has 0 fully saturated rings. The quantitative estimate of drug-likeness (QED) is 0.0422. The highest BCUT2D eigenvalue weighted by Crippen LogP contribution is 2.49. The van der Waals surface area contributed by atoms with Gasteiger partial charge in [0.05, 0.1) is 20.8 Å². The van der Waals surface area contributed by atoms with E-state index in [2.05, 4.69) is 137 Å². The highest BCUT2D eigenvalue weighted by Gasteiger charge is 2.26. The zero-order valence-electron chi connectivity index (χ0n) is 46.9. The van der Waals surface area contributed by atoms with E-state index in [9.17, 15) is 9.90 Å². The molecule has 0 spiro atoms. The first-order chi connectivity index (χ1) is 32.8. The maximum Gasteiger partial charge on any atom is 0.325 e. The largest absolute Gasteiger partial charge is 0.504 e. The van der Waals surface area contributed by atoms with Gasteiger partial charge < -0.3 is 19.3 Å². The molecule has 0 aliphatic rings. The predicted octanol–water partition coefficient (Wildman–Crippen LogP) is 18.2. The number of carbonyl (C=O) groups is 1. The van der Waals surface area contributed by atoms with Crippen LogP contribution in [-0.4, -0.2) is 50.8 Å². The van der Waals surface area contributed by atoms with E-state index in [1.807, 2.05) is 6.92 Å². The molecular formula is C63H99NO5. The predicted molar refractivity (Wildman–Crippen MR) is 300 cm³/mol. The van der Waals surface area contributed by atoms with Crippen molar-refractivity contribution >= 4 is 5.97 Å². The lowest BCUT2D eigenvalue weighted by Crippen LogP contribution is -2.26. The second kappa shape index (κ2) is 36.4. The summed E-state index contributed by atoms with van der Waals surface area (Å²) in [6.45, 7) is 26.7. The van der Waals surface area contributed by atoms with Gasteiger partial charge in [-0.3, -0.25) is 9.69 Å². The summed E-state index contributed by atoms with van der Waals surface area (Å²) in [6, 6.07) is 0. The van der Waals surface area contributed by atoms with E-state index in [1.54, 1.807) is 19.0 Å². The summed E-state index contributed by atoms with van der Waals surface area (Å²) in [5, 5.41) is 11.1. The second-order valence-electron chi connectivity index (χ2n) is 20.3. The van der Waals surface area contributed by atoms with Gasteiger partial charge in [0.15, 0.2) is 11.5 Å². The van der Waals surface area contributed by atoms with Crippen molar-refractivity contribution in [2.45, 2.75) is 205 Å². The van der Waals surface area contributed by atoms with Crippen molar-refractivity contribution in [2.75, 3.05) is 34.9 Å². The normalized spacial score (nSPS) is 14.0. The molecule has 0 amide bonds. The second-order valence-corrected chi connectivity index (χ2v) is 20.3. The van der Waals surface area contributed by atoms with Gasteiger partial charge in [0, 0.05) is 11.1 Å². The summed E-state index contributed by atoms with van der Waals surface area (Å²) in [4.78, 5) is 14.3. The van der Waals surface area contributed by atoms with Crippen LogP contribution in [0.3, 0.4) is 0 Å².